The molecule has 0 aliphatic carbocycles. The van der Waals surface area contributed by atoms with Gasteiger partial charge in [0.1, 0.15) is 0 Å². The molecule has 1 atom stereocenters. The predicted octanol–water partition coefficient (Wildman–Crippen LogP) is 5.10. The number of hydrogen-bond donors (Lipinski definition) is 0. The lowest BCUT2D eigenvalue weighted by molar-refractivity contribution is -0.151. The number of rotatable bonds is 9. The predicted molar refractivity (Wildman–Crippen MR) is 128 cm³/mol. The maximum absolute atomic E-state index is 12.4. The largest absolute Gasteiger partial charge is 0.465 e. The summed E-state index contributed by atoms with van der Waals surface area (Å²) in [5.41, 5.74) is -0.634. The molecule has 0 amide bonds. The van der Waals surface area contributed by atoms with E-state index >= 15 is 0 Å². The molecule has 0 unspecified atom stereocenters. The zero-order chi connectivity index (χ0) is 22.3. The zero-order valence-corrected chi connectivity index (χ0v) is 20.3. The minimum Gasteiger partial charge on any atom is -0.465 e. The average molecular weight is 425 g/mol. The summed E-state index contributed by atoms with van der Waals surface area (Å²) in [5, 5.41) is 2.43. The Bertz CT molecular complexity index is 785. The van der Waals surface area contributed by atoms with Crippen molar-refractivity contribution >= 4 is 24.7 Å². The molecule has 0 spiro atoms. The molecule has 0 radical (unpaired) electrons. The second-order valence-corrected chi connectivity index (χ2v) is 13.2. The Hall–Kier alpha value is -2.17. The summed E-state index contributed by atoms with van der Waals surface area (Å²) < 4.78 is 12.1. The molecular formula is C26H36O3Si. The number of ether oxygens (including phenoxy) is 1. The lowest BCUT2D eigenvalue weighted by Crippen LogP contribution is -2.66. The van der Waals surface area contributed by atoms with Crippen molar-refractivity contribution in [1.82, 2.24) is 0 Å². The van der Waals surface area contributed by atoms with Gasteiger partial charge >= 0.3 is 5.97 Å². The third-order valence-electron chi connectivity index (χ3n) is 5.77. The average Bonchev–Trinajstić information content (AvgIpc) is 2.74. The number of carbonyl (C=O) groups excluding carboxylic acids is 1. The molecule has 0 aromatic heterocycles. The molecule has 2 aromatic rings. The van der Waals surface area contributed by atoms with Crippen molar-refractivity contribution in [2.45, 2.75) is 53.0 Å². The highest BCUT2D eigenvalue weighted by atomic mass is 28.4. The SMILES string of the molecule is CCOC(=O)[C@](C)(/C=C/CO[Si](c1ccccc1)(c1ccccc1)C(C)(C)C)CC. The Balaban J connectivity index is 2.41. The van der Waals surface area contributed by atoms with Crippen LogP contribution < -0.4 is 10.4 Å². The summed E-state index contributed by atoms with van der Waals surface area (Å²) in [5.74, 6) is -0.186. The Kier molecular flexibility index (Phi) is 8.22. The van der Waals surface area contributed by atoms with Crippen LogP contribution in [0.4, 0.5) is 0 Å². The van der Waals surface area contributed by atoms with Crippen molar-refractivity contribution in [2.75, 3.05) is 13.2 Å². The molecule has 0 aliphatic heterocycles. The van der Waals surface area contributed by atoms with E-state index in [1.807, 2.05) is 45.1 Å². The van der Waals surface area contributed by atoms with Crippen molar-refractivity contribution in [1.29, 1.82) is 0 Å². The lowest BCUT2D eigenvalue weighted by atomic mass is 9.87. The quantitative estimate of drug-likeness (QED) is 0.319. The minimum absolute atomic E-state index is 0.0707. The van der Waals surface area contributed by atoms with Crippen LogP contribution in [0.5, 0.6) is 0 Å². The molecule has 162 valence electrons. The first-order valence-corrected chi connectivity index (χ1v) is 12.7. The van der Waals surface area contributed by atoms with E-state index in [1.54, 1.807) is 0 Å². The molecule has 2 aromatic carbocycles. The van der Waals surface area contributed by atoms with Crippen LogP contribution in [0.25, 0.3) is 0 Å². The summed E-state index contributed by atoms with van der Waals surface area (Å²) >= 11 is 0. The van der Waals surface area contributed by atoms with Crippen LogP contribution in [-0.2, 0) is 14.0 Å². The van der Waals surface area contributed by atoms with Gasteiger partial charge in [0, 0.05) is 0 Å². The Morgan fingerprint density at radius 3 is 1.80 bits per heavy atom. The van der Waals surface area contributed by atoms with E-state index in [0.29, 0.717) is 19.6 Å². The van der Waals surface area contributed by atoms with Gasteiger partial charge < -0.3 is 9.16 Å². The van der Waals surface area contributed by atoms with Crippen LogP contribution in [0.2, 0.25) is 5.04 Å². The highest BCUT2D eigenvalue weighted by Gasteiger charge is 2.49. The third kappa shape index (κ3) is 5.11. The van der Waals surface area contributed by atoms with Gasteiger partial charge in [0.15, 0.2) is 0 Å². The van der Waals surface area contributed by atoms with Gasteiger partial charge in [0.05, 0.1) is 18.6 Å². The molecule has 0 fully saturated rings. The van der Waals surface area contributed by atoms with E-state index in [-0.39, 0.29) is 11.0 Å². The highest BCUT2D eigenvalue weighted by Crippen LogP contribution is 2.36. The van der Waals surface area contributed by atoms with Crippen molar-refractivity contribution in [3.63, 3.8) is 0 Å². The summed E-state index contributed by atoms with van der Waals surface area (Å²) in [6.07, 6.45) is 4.62. The van der Waals surface area contributed by atoms with Crippen molar-refractivity contribution in [3.05, 3.63) is 72.8 Å². The van der Waals surface area contributed by atoms with Gasteiger partial charge in [-0.25, -0.2) is 0 Å². The normalized spacial score (nSPS) is 14.5. The van der Waals surface area contributed by atoms with Crippen LogP contribution in [0.15, 0.2) is 72.8 Å². The van der Waals surface area contributed by atoms with Gasteiger partial charge in [0.25, 0.3) is 8.32 Å². The summed E-state index contributed by atoms with van der Waals surface area (Å²) in [6, 6.07) is 21.2. The summed E-state index contributed by atoms with van der Waals surface area (Å²) in [6.45, 7) is 13.4. The molecule has 0 N–H and O–H groups in total. The third-order valence-corrected chi connectivity index (χ3v) is 10.8. The molecule has 4 heteroatoms. The van der Waals surface area contributed by atoms with E-state index in [9.17, 15) is 4.79 Å². The second kappa shape index (κ2) is 10.2. The number of esters is 1. The van der Waals surface area contributed by atoms with Crippen molar-refractivity contribution < 1.29 is 14.0 Å². The fraction of sp³-hybridized carbons (Fsp3) is 0.423. The minimum atomic E-state index is -2.57. The Morgan fingerprint density at radius 1 is 0.900 bits per heavy atom. The molecule has 0 heterocycles. The molecule has 2 rings (SSSR count). The molecule has 0 saturated heterocycles. The first kappa shape index (κ1) is 24.1. The number of carbonyl (C=O) groups is 1. The fourth-order valence-electron chi connectivity index (χ4n) is 3.87. The van der Waals surface area contributed by atoms with Crippen molar-refractivity contribution in [2.24, 2.45) is 5.41 Å². The Labute approximate surface area is 183 Å². The molecule has 0 bridgehead atoms. The maximum Gasteiger partial charge on any atom is 0.315 e. The highest BCUT2D eigenvalue weighted by molar-refractivity contribution is 6.99. The molecule has 3 nitrogen and oxygen atoms in total. The lowest BCUT2D eigenvalue weighted by Gasteiger charge is -2.42. The molecule has 0 saturated carbocycles. The van der Waals surface area contributed by atoms with Crippen LogP contribution in [0.3, 0.4) is 0 Å². The molecule has 30 heavy (non-hydrogen) atoms. The van der Waals surface area contributed by atoms with E-state index in [2.05, 4.69) is 69.3 Å². The zero-order valence-electron chi connectivity index (χ0n) is 19.3. The standard InChI is InChI=1S/C26H36O3Si/c1-7-26(6,24(27)28-8-2)20-15-21-29-30(25(3,4)5,22-16-11-9-12-17-22)23-18-13-10-14-19-23/h9-20H,7-8,21H2,1-6H3/b20-15+/t26-/m0/s1. The number of benzene rings is 2. The van der Waals surface area contributed by atoms with Crippen LogP contribution in [0, 0.1) is 5.41 Å². The van der Waals surface area contributed by atoms with Gasteiger partial charge in [-0.05, 0) is 35.7 Å². The summed E-state index contributed by atoms with van der Waals surface area (Å²) in [4.78, 5) is 12.4. The van der Waals surface area contributed by atoms with Crippen LogP contribution >= 0.6 is 0 Å². The van der Waals surface area contributed by atoms with E-state index in [4.69, 9.17) is 9.16 Å². The second-order valence-electron chi connectivity index (χ2n) is 8.87. The first-order chi connectivity index (χ1) is 14.2. The fourth-order valence-corrected chi connectivity index (χ4v) is 8.37. The van der Waals surface area contributed by atoms with E-state index in [0.717, 1.165) is 0 Å². The van der Waals surface area contributed by atoms with Gasteiger partial charge in [-0.1, -0.05) is 101 Å². The van der Waals surface area contributed by atoms with Gasteiger partial charge in [-0.2, -0.15) is 0 Å². The van der Waals surface area contributed by atoms with Crippen LogP contribution in [-0.4, -0.2) is 27.5 Å². The first-order valence-electron chi connectivity index (χ1n) is 10.8. The summed E-state index contributed by atoms with van der Waals surface area (Å²) in [7, 11) is -2.57. The van der Waals surface area contributed by atoms with Gasteiger partial charge in [-0.3, -0.25) is 4.79 Å². The van der Waals surface area contributed by atoms with Gasteiger partial charge in [0.2, 0.25) is 0 Å². The molecule has 0 aliphatic rings. The monoisotopic (exact) mass is 424 g/mol. The molecular weight excluding hydrogens is 388 g/mol. The van der Waals surface area contributed by atoms with Gasteiger partial charge in [-0.15, -0.1) is 0 Å². The van der Waals surface area contributed by atoms with E-state index < -0.39 is 13.7 Å². The smallest absolute Gasteiger partial charge is 0.315 e. The van der Waals surface area contributed by atoms with E-state index in [1.165, 1.54) is 10.4 Å². The van der Waals surface area contributed by atoms with Crippen LogP contribution in [0.1, 0.15) is 48.0 Å². The maximum atomic E-state index is 12.4. The Morgan fingerprint density at radius 2 is 1.40 bits per heavy atom. The topological polar surface area (TPSA) is 35.5 Å². The number of hydrogen-bond acceptors (Lipinski definition) is 3. The van der Waals surface area contributed by atoms with Crippen molar-refractivity contribution in [3.8, 4) is 0 Å².